The SMILES string of the molecule is CN1C(N)=N[C@](C)(c2nc(NC(=O)c3ccc(OCC(F)(F)F)cn3)ccc2F)C[S@@]1(=O)=NCC(F)(F)F.O=C(O)C(F)(F)F. The van der Waals surface area contributed by atoms with E-state index < -0.39 is 82.2 Å². The van der Waals surface area contributed by atoms with Crippen LogP contribution >= 0.6 is 0 Å². The van der Waals surface area contributed by atoms with E-state index in [-0.39, 0.29) is 17.3 Å². The Labute approximate surface area is 246 Å². The van der Waals surface area contributed by atoms with Crippen molar-refractivity contribution in [2.24, 2.45) is 15.1 Å². The standard InChI is InChI=1S/C20H20F7N7O3S.C2HF3O2/c1-18(10-38(36,30-8-19(22,23)24)34(2)17(28)33-18)15-12(21)4-6-14(31-15)32-16(35)13-5-3-11(7-29-13)37-9-20(25,26)27;3-2(4,5)1(6)7/h3-7H,8-10H2,1-2H3,(H2,28,33)(H,31,32,35);(H,6,7)/t18-,38+;/m0./s1. The number of nitrogens with zero attached hydrogens (tertiary/aromatic N) is 5. The van der Waals surface area contributed by atoms with Gasteiger partial charge in [-0.05, 0) is 31.2 Å². The number of amides is 1. The molecule has 45 heavy (non-hydrogen) atoms. The predicted molar refractivity (Wildman–Crippen MR) is 135 cm³/mol. The van der Waals surface area contributed by atoms with Gasteiger partial charge in [0.05, 0.1) is 11.9 Å². The van der Waals surface area contributed by atoms with E-state index in [0.717, 1.165) is 41.8 Å². The molecule has 0 fully saturated rings. The van der Waals surface area contributed by atoms with Crippen LogP contribution in [0.4, 0.5) is 49.7 Å². The first-order chi connectivity index (χ1) is 20.4. The maximum Gasteiger partial charge on any atom is 0.490 e. The lowest BCUT2D eigenvalue weighted by molar-refractivity contribution is -0.192. The van der Waals surface area contributed by atoms with Crippen molar-refractivity contribution in [3.8, 4) is 5.75 Å². The molecule has 0 bridgehead atoms. The van der Waals surface area contributed by atoms with Crippen molar-refractivity contribution >= 4 is 33.6 Å². The van der Waals surface area contributed by atoms with Crippen molar-refractivity contribution < 1.29 is 67.5 Å². The van der Waals surface area contributed by atoms with Crippen LogP contribution in [0, 0.1) is 5.82 Å². The van der Waals surface area contributed by atoms with E-state index >= 15 is 0 Å². The van der Waals surface area contributed by atoms with E-state index in [0.29, 0.717) is 0 Å². The van der Waals surface area contributed by atoms with Crippen LogP contribution in [0.3, 0.4) is 0 Å². The molecule has 3 rings (SSSR count). The number of carboxylic acid groups (broad SMARTS) is 1. The van der Waals surface area contributed by atoms with E-state index in [1.54, 1.807) is 0 Å². The Kier molecular flexibility index (Phi) is 10.8. The molecule has 12 nitrogen and oxygen atoms in total. The van der Waals surface area contributed by atoms with E-state index in [1.165, 1.54) is 6.92 Å². The number of nitrogens with two attached hydrogens (primary N) is 1. The van der Waals surface area contributed by atoms with Gasteiger partial charge in [0.15, 0.2) is 6.61 Å². The molecule has 3 heterocycles. The average molecular weight is 686 g/mol. The lowest BCUT2D eigenvalue weighted by atomic mass is 10.00. The number of alkyl halides is 9. The number of hydrogen-bond acceptors (Lipinski definition) is 9. The minimum atomic E-state index is -5.08. The lowest BCUT2D eigenvalue weighted by Crippen LogP contribution is -2.51. The van der Waals surface area contributed by atoms with Gasteiger partial charge in [-0.2, -0.15) is 39.5 Å². The number of carboxylic acids is 1. The molecule has 1 aliphatic rings. The monoisotopic (exact) mass is 685 g/mol. The fourth-order valence-electron chi connectivity index (χ4n) is 3.23. The van der Waals surface area contributed by atoms with Crippen LogP contribution in [0.2, 0.25) is 0 Å². The van der Waals surface area contributed by atoms with E-state index in [2.05, 4.69) is 29.4 Å². The Morgan fingerprint density at radius 3 is 2.20 bits per heavy atom. The van der Waals surface area contributed by atoms with E-state index in [9.17, 15) is 52.9 Å². The Morgan fingerprint density at radius 2 is 1.71 bits per heavy atom. The quantitative estimate of drug-likeness (QED) is 0.385. The summed E-state index contributed by atoms with van der Waals surface area (Å²) < 4.78 is 143. The van der Waals surface area contributed by atoms with Gasteiger partial charge in [-0.3, -0.25) is 9.10 Å². The van der Waals surface area contributed by atoms with Crippen molar-refractivity contribution in [2.75, 3.05) is 31.3 Å². The molecule has 2 aromatic heterocycles. The van der Waals surface area contributed by atoms with Gasteiger partial charge in [0.2, 0.25) is 5.96 Å². The van der Waals surface area contributed by atoms with Crippen LogP contribution in [0.5, 0.6) is 5.75 Å². The van der Waals surface area contributed by atoms with E-state index in [4.69, 9.17) is 15.6 Å². The topological polar surface area (TPSA) is 172 Å². The zero-order valence-electron chi connectivity index (χ0n) is 22.6. The molecule has 0 unspecified atom stereocenters. The summed E-state index contributed by atoms with van der Waals surface area (Å²) in [5.74, 6) is -6.26. The molecular formula is C22H21F10N7O5S. The molecular weight excluding hydrogens is 664 g/mol. The molecule has 1 aliphatic heterocycles. The fraction of sp³-hybridized carbons (Fsp3) is 0.409. The van der Waals surface area contributed by atoms with Gasteiger partial charge in [0, 0.05) is 7.05 Å². The number of anilines is 1. The number of nitrogens with one attached hydrogen (secondary N) is 1. The highest BCUT2D eigenvalue weighted by molar-refractivity contribution is 7.92. The van der Waals surface area contributed by atoms with Crippen molar-refractivity contribution in [3.63, 3.8) is 0 Å². The number of carbonyl (C=O) groups is 2. The van der Waals surface area contributed by atoms with Crippen LogP contribution in [0.25, 0.3) is 0 Å². The Morgan fingerprint density at radius 1 is 1.11 bits per heavy atom. The molecule has 0 aromatic carbocycles. The van der Waals surface area contributed by atoms with Gasteiger partial charge in [0.1, 0.15) is 50.8 Å². The molecule has 0 saturated heterocycles. The van der Waals surface area contributed by atoms with Crippen LogP contribution in [-0.4, -0.2) is 85.9 Å². The number of aliphatic imine (C=N–C) groups is 1. The summed E-state index contributed by atoms with van der Waals surface area (Å²) in [6, 6.07) is 4.11. The molecule has 4 N–H and O–H groups in total. The molecule has 0 spiro atoms. The third-order valence-electron chi connectivity index (χ3n) is 5.24. The van der Waals surface area contributed by atoms with Gasteiger partial charge in [-0.25, -0.2) is 32.7 Å². The molecule has 2 atom stereocenters. The summed E-state index contributed by atoms with van der Waals surface area (Å²) in [5.41, 5.74) is 3.20. The average Bonchev–Trinajstić information content (AvgIpc) is 2.90. The van der Waals surface area contributed by atoms with Crippen LogP contribution in [-0.2, 0) is 20.2 Å². The highest BCUT2D eigenvalue weighted by Gasteiger charge is 2.43. The Balaban J connectivity index is 0.000000900. The Bertz CT molecular complexity index is 1560. The number of rotatable bonds is 6. The zero-order chi connectivity index (χ0) is 34.6. The zero-order valence-corrected chi connectivity index (χ0v) is 23.4. The number of guanidine groups is 1. The Hall–Kier alpha value is -4.44. The normalized spacial score (nSPS) is 20.4. The lowest BCUT2D eigenvalue weighted by Gasteiger charge is -2.36. The van der Waals surface area contributed by atoms with Gasteiger partial charge < -0.3 is 20.9 Å². The van der Waals surface area contributed by atoms with Gasteiger partial charge in [-0.15, -0.1) is 0 Å². The molecule has 23 heteroatoms. The number of halogens is 10. The predicted octanol–water partition coefficient (Wildman–Crippen LogP) is 3.86. The largest absolute Gasteiger partial charge is 0.490 e. The summed E-state index contributed by atoms with van der Waals surface area (Å²) in [6.45, 7) is -2.05. The summed E-state index contributed by atoms with van der Waals surface area (Å²) in [6.07, 6.45) is -13.5. The third-order valence-corrected chi connectivity index (χ3v) is 7.75. The maximum atomic E-state index is 14.8. The fourth-order valence-corrected chi connectivity index (χ4v) is 5.30. The third kappa shape index (κ3) is 10.6. The first-order valence-electron chi connectivity index (χ1n) is 11.7. The second kappa shape index (κ2) is 13.3. The summed E-state index contributed by atoms with van der Waals surface area (Å²) >= 11 is 0. The highest BCUT2D eigenvalue weighted by Crippen LogP contribution is 2.34. The maximum absolute atomic E-state index is 14.8. The minimum absolute atomic E-state index is 0.238. The summed E-state index contributed by atoms with van der Waals surface area (Å²) in [4.78, 5) is 33.2. The number of ether oxygens (including phenoxy) is 1. The van der Waals surface area contributed by atoms with Crippen LogP contribution < -0.4 is 15.8 Å². The summed E-state index contributed by atoms with van der Waals surface area (Å²) in [5, 5.41) is 9.43. The van der Waals surface area contributed by atoms with Crippen LogP contribution in [0.1, 0.15) is 23.1 Å². The second-order valence-corrected chi connectivity index (χ2v) is 11.3. The first-order valence-corrected chi connectivity index (χ1v) is 13.3. The number of aliphatic carboxylic acids is 1. The first kappa shape index (κ1) is 36.8. The molecule has 0 radical (unpaired) electrons. The van der Waals surface area contributed by atoms with Gasteiger partial charge >= 0.3 is 24.5 Å². The van der Waals surface area contributed by atoms with Gasteiger partial charge in [-0.1, -0.05) is 0 Å². The molecule has 250 valence electrons. The number of pyridine rings is 2. The van der Waals surface area contributed by atoms with Crippen molar-refractivity contribution in [1.82, 2.24) is 14.3 Å². The molecule has 1 amide bonds. The molecule has 0 saturated carbocycles. The van der Waals surface area contributed by atoms with E-state index in [1.807, 2.05) is 0 Å². The van der Waals surface area contributed by atoms with Gasteiger partial charge in [0.25, 0.3) is 5.91 Å². The van der Waals surface area contributed by atoms with Crippen molar-refractivity contribution in [1.29, 1.82) is 0 Å². The molecule has 0 aliphatic carbocycles. The smallest absolute Gasteiger partial charge is 0.483 e. The van der Waals surface area contributed by atoms with Crippen molar-refractivity contribution in [3.05, 3.63) is 47.7 Å². The molecule has 2 aromatic rings. The van der Waals surface area contributed by atoms with Crippen LogP contribution in [0.15, 0.2) is 39.8 Å². The minimum Gasteiger partial charge on any atom is -0.483 e. The highest BCUT2D eigenvalue weighted by atomic mass is 32.2. The summed E-state index contributed by atoms with van der Waals surface area (Å²) in [7, 11) is -2.69. The number of carbonyl (C=O) groups excluding carboxylic acids is 1. The number of hydrogen-bond donors (Lipinski definition) is 3. The second-order valence-electron chi connectivity index (χ2n) is 8.96. The van der Waals surface area contributed by atoms with Crippen molar-refractivity contribution in [2.45, 2.75) is 31.0 Å². The number of aromatic nitrogens is 2.